The molecule has 0 rings (SSSR count). The Labute approximate surface area is 63.4 Å². The molecule has 0 spiro atoms. The molecule has 0 heterocycles. The second-order valence-electron chi connectivity index (χ2n) is 2.95. The van der Waals surface area contributed by atoms with Gasteiger partial charge in [0, 0.05) is 0 Å². The van der Waals surface area contributed by atoms with Crippen LogP contribution < -0.4 is 0 Å². The van der Waals surface area contributed by atoms with Gasteiger partial charge >= 0.3 is 0 Å². The zero-order valence-electron chi connectivity index (χ0n) is 7.03. The lowest BCUT2D eigenvalue weighted by molar-refractivity contribution is 0.347. The van der Waals surface area contributed by atoms with Crippen molar-refractivity contribution in [1.29, 1.82) is 0 Å². The van der Waals surface area contributed by atoms with Gasteiger partial charge in [-0.1, -0.05) is 20.8 Å². The molecule has 0 aromatic heterocycles. The lowest BCUT2D eigenvalue weighted by Gasteiger charge is -2.24. The van der Waals surface area contributed by atoms with Gasteiger partial charge in [-0.05, 0) is 30.3 Å². The predicted octanol–water partition coefficient (Wildman–Crippen LogP) is 3.18. The molecule has 0 aromatic carbocycles. The first-order chi connectivity index (χ1) is 4.18. The summed E-state index contributed by atoms with van der Waals surface area (Å²) >= 11 is 1.96. The van der Waals surface area contributed by atoms with Gasteiger partial charge in [-0.2, -0.15) is 11.8 Å². The van der Waals surface area contributed by atoms with E-state index in [1.807, 2.05) is 11.8 Å². The van der Waals surface area contributed by atoms with Gasteiger partial charge in [0.15, 0.2) is 0 Å². The van der Waals surface area contributed by atoms with E-state index in [4.69, 9.17) is 0 Å². The van der Waals surface area contributed by atoms with Crippen molar-refractivity contribution in [1.82, 2.24) is 0 Å². The maximum Gasteiger partial charge on any atom is -0.00164 e. The zero-order chi connectivity index (χ0) is 7.33. The van der Waals surface area contributed by atoms with Gasteiger partial charge < -0.3 is 0 Å². The van der Waals surface area contributed by atoms with Crippen LogP contribution in [0.25, 0.3) is 0 Å². The van der Waals surface area contributed by atoms with Crippen LogP contribution in [0.5, 0.6) is 0 Å². The third kappa shape index (κ3) is 3.14. The summed E-state index contributed by atoms with van der Waals surface area (Å²) in [6.45, 7) is 6.92. The Morgan fingerprint density at radius 2 is 1.67 bits per heavy atom. The molecular weight excluding hydrogens is 128 g/mol. The number of hydrogen-bond acceptors (Lipinski definition) is 1. The average molecular weight is 146 g/mol. The summed E-state index contributed by atoms with van der Waals surface area (Å²) in [7, 11) is 0. The normalized spacial score (nSPS) is 12.0. The molecule has 0 atom stereocenters. The minimum Gasteiger partial charge on any atom is -0.165 e. The smallest absolute Gasteiger partial charge is 0.00164 e. The topological polar surface area (TPSA) is 0 Å². The fourth-order valence-corrected chi connectivity index (χ4v) is 1.91. The fourth-order valence-electron chi connectivity index (χ4n) is 0.803. The molecule has 0 bridgehead atoms. The highest BCUT2D eigenvalue weighted by Crippen LogP contribution is 2.28. The van der Waals surface area contributed by atoms with Gasteiger partial charge in [0.25, 0.3) is 0 Å². The van der Waals surface area contributed by atoms with E-state index < -0.39 is 0 Å². The maximum atomic E-state index is 2.36. The van der Waals surface area contributed by atoms with Gasteiger partial charge in [-0.25, -0.2) is 0 Å². The SMILES string of the molecule is CCC(C)(CC)CSC. The minimum atomic E-state index is 0.597. The van der Waals surface area contributed by atoms with Crippen LogP contribution in [-0.2, 0) is 0 Å². The van der Waals surface area contributed by atoms with Crippen LogP contribution >= 0.6 is 11.8 Å². The van der Waals surface area contributed by atoms with E-state index in [0.29, 0.717) is 5.41 Å². The quantitative estimate of drug-likeness (QED) is 0.587. The lowest BCUT2D eigenvalue weighted by atomic mass is 9.87. The van der Waals surface area contributed by atoms with E-state index in [0.717, 1.165) is 0 Å². The summed E-state index contributed by atoms with van der Waals surface area (Å²) in [6.07, 6.45) is 4.80. The third-order valence-corrected chi connectivity index (χ3v) is 3.19. The Morgan fingerprint density at radius 3 is 1.78 bits per heavy atom. The van der Waals surface area contributed by atoms with Gasteiger partial charge in [-0.15, -0.1) is 0 Å². The Hall–Kier alpha value is 0.350. The number of hydrogen-bond donors (Lipinski definition) is 0. The lowest BCUT2D eigenvalue weighted by Crippen LogP contribution is -2.16. The molecule has 0 amide bonds. The molecule has 0 aliphatic heterocycles. The molecule has 0 saturated heterocycles. The molecule has 0 fully saturated rings. The zero-order valence-corrected chi connectivity index (χ0v) is 7.85. The van der Waals surface area contributed by atoms with Gasteiger partial charge in [0.1, 0.15) is 0 Å². The Kier molecular flexibility index (Phi) is 4.37. The van der Waals surface area contributed by atoms with E-state index in [2.05, 4.69) is 27.0 Å². The third-order valence-electron chi connectivity index (χ3n) is 2.20. The van der Waals surface area contributed by atoms with Gasteiger partial charge in [0.05, 0.1) is 0 Å². The Bertz CT molecular complexity index is 65.0. The van der Waals surface area contributed by atoms with Gasteiger partial charge in [-0.3, -0.25) is 0 Å². The fraction of sp³-hybridized carbons (Fsp3) is 1.00. The first kappa shape index (κ1) is 9.35. The molecular formula is C8H18S. The summed E-state index contributed by atoms with van der Waals surface area (Å²) < 4.78 is 0. The standard InChI is InChI=1S/C8H18S/c1-5-8(3,6-2)7-9-4/h5-7H2,1-4H3. The van der Waals surface area contributed by atoms with Crippen molar-refractivity contribution in [3.8, 4) is 0 Å². The van der Waals surface area contributed by atoms with Crippen LogP contribution in [0.15, 0.2) is 0 Å². The molecule has 9 heavy (non-hydrogen) atoms. The predicted molar refractivity (Wildman–Crippen MR) is 47.1 cm³/mol. The summed E-state index contributed by atoms with van der Waals surface area (Å²) in [5.74, 6) is 1.31. The first-order valence-electron chi connectivity index (χ1n) is 3.67. The molecule has 0 radical (unpaired) electrons. The van der Waals surface area contributed by atoms with E-state index in [1.54, 1.807) is 0 Å². The first-order valence-corrected chi connectivity index (χ1v) is 5.07. The molecule has 56 valence electrons. The van der Waals surface area contributed by atoms with E-state index in [-0.39, 0.29) is 0 Å². The highest BCUT2D eigenvalue weighted by Gasteiger charge is 2.17. The van der Waals surface area contributed by atoms with Crippen molar-refractivity contribution in [2.75, 3.05) is 12.0 Å². The van der Waals surface area contributed by atoms with Crippen molar-refractivity contribution < 1.29 is 0 Å². The number of rotatable bonds is 4. The average Bonchev–Trinajstić information content (AvgIpc) is 1.89. The van der Waals surface area contributed by atoms with Crippen LogP contribution in [-0.4, -0.2) is 12.0 Å². The molecule has 1 heteroatoms. The van der Waals surface area contributed by atoms with Crippen LogP contribution in [0.3, 0.4) is 0 Å². The Balaban J connectivity index is 3.62. The van der Waals surface area contributed by atoms with E-state index in [9.17, 15) is 0 Å². The molecule has 0 aliphatic carbocycles. The minimum absolute atomic E-state index is 0.597. The van der Waals surface area contributed by atoms with Gasteiger partial charge in [0.2, 0.25) is 0 Å². The molecule has 0 nitrogen and oxygen atoms in total. The highest BCUT2D eigenvalue weighted by molar-refractivity contribution is 7.98. The second kappa shape index (κ2) is 4.21. The van der Waals surface area contributed by atoms with Crippen molar-refractivity contribution >= 4 is 11.8 Å². The highest BCUT2D eigenvalue weighted by atomic mass is 32.2. The summed E-state index contributed by atoms with van der Waals surface area (Å²) in [4.78, 5) is 0. The van der Waals surface area contributed by atoms with Crippen LogP contribution in [0.1, 0.15) is 33.6 Å². The van der Waals surface area contributed by atoms with Crippen LogP contribution in [0.2, 0.25) is 0 Å². The van der Waals surface area contributed by atoms with Crippen LogP contribution in [0, 0.1) is 5.41 Å². The summed E-state index contributed by atoms with van der Waals surface area (Å²) in [5, 5.41) is 0. The molecule has 0 N–H and O–H groups in total. The molecule has 0 aliphatic rings. The summed E-state index contributed by atoms with van der Waals surface area (Å²) in [6, 6.07) is 0. The van der Waals surface area contributed by atoms with Crippen molar-refractivity contribution in [2.45, 2.75) is 33.6 Å². The number of thioether (sulfide) groups is 1. The monoisotopic (exact) mass is 146 g/mol. The Morgan fingerprint density at radius 1 is 1.22 bits per heavy atom. The van der Waals surface area contributed by atoms with Crippen molar-refractivity contribution in [3.63, 3.8) is 0 Å². The molecule has 0 unspecified atom stereocenters. The van der Waals surface area contributed by atoms with E-state index in [1.165, 1.54) is 18.6 Å². The maximum absolute atomic E-state index is 2.36. The second-order valence-corrected chi connectivity index (χ2v) is 3.82. The summed E-state index contributed by atoms with van der Waals surface area (Å²) in [5.41, 5.74) is 0.597. The van der Waals surface area contributed by atoms with Crippen molar-refractivity contribution in [3.05, 3.63) is 0 Å². The molecule has 0 aromatic rings. The largest absolute Gasteiger partial charge is 0.165 e. The van der Waals surface area contributed by atoms with E-state index >= 15 is 0 Å². The molecule has 0 saturated carbocycles. The van der Waals surface area contributed by atoms with Crippen molar-refractivity contribution in [2.24, 2.45) is 5.41 Å². The van der Waals surface area contributed by atoms with Crippen LogP contribution in [0.4, 0.5) is 0 Å².